The maximum absolute atomic E-state index is 13.1. The lowest BCUT2D eigenvalue weighted by molar-refractivity contribution is 0.0390. The van der Waals surface area contributed by atoms with E-state index in [1.807, 2.05) is 18.2 Å². The molecule has 0 radical (unpaired) electrons. The van der Waals surface area contributed by atoms with Gasteiger partial charge in [-0.3, -0.25) is 9.59 Å². The van der Waals surface area contributed by atoms with Crippen molar-refractivity contribution in [3.63, 3.8) is 0 Å². The summed E-state index contributed by atoms with van der Waals surface area (Å²) in [6.45, 7) is 0.853. The lowest BCUT2D eigenvalue weighted by atomic mass is 9.78. The fraction of sp³-hybridized carbons (Fsp3) is 0.417. The number of piperidine rings is 1. The summed E-state index contributed by atoms with van der Waals surface area (Å²) in [5.74, 6) is 1.08. The molecule has 0 aromatic heterocycles. The van der Waals surface area contributed by atoms with E-state index < -0.39 is 0 Å². The van der Waals surface area contributed by atoms with Crippen LogP contribution in [0.3, 0.4) is 0 Å². The zero-order valence-electron chi connectivity index (χ0n) is 16.9. The number of nitrogens with zero attached hydrogens (tertiary/aromatic N) is 1. The monoisotopic (exact) mass is 392 g/mol. The van der Waals surface area contributed by atoms with Gasteiger partial charge in [-0.1, -0.05) is 25.0 Å². The fourth-order valence-electron chi connectivity index (χ4n) is 4.77. The number of para-hydroxylation sites is 1. The number of hydrogen-bond acceptors (Lipinski definition) is 3. The van der Waals surface area contributed by atoms with E-state index in [1.54, 1.807) is 37.4 Å². The summed E-state index contributed by atoms with van der Waals surface area (Å²) in [7, 11) is 1.55. The Morgan fingerprint density at radius 3 is 2.48 bits per heavy atom. The van der Waals surface area contributed by atoms with Crippen LogP contribution < -0.4 is 10.1 Å². The number of amides is 2. The van der Waals surface area contributed by atoms with E-state index in [0.29, 0.717) is 34.5 Å². The molecule has 2 aliphatic rings. The van der Waals surface area contributed by atoms with E-state index >= 15 is 0 Å². The Labute approximate surface area is 172 Å². The SMILES string of the molecule is COc1ccccc1C(=O)Nc1ccc(C(=O)N2CCC[C@@H]3CCCC[C@@H]32)cc1. The Morgan fingerprint density at radius 1 is 0.966 bits per heavy atom. The second kappa shape index (κ2) is 8.68. The van der Waals surface area contributed by atoms with Gasteiger partial charge >= 0.3 is 0 Å². The minimum Gasteiger partial charge on any atom is -0.496 e. The predicted molar refractivity (Wildman–Crippen MR) is 113 cm³/mol. The van der Waals surface area contributed by atoms with Crippen molar-refractivity contribution in [2.75, 3.05) is 19.0 Å². The highest BCUT2D eigenvalue weighted by Crippen LogP contribution is 2.36. The molecule has 1 saturated heterocycles. The first-order valence-electron chi connectivity index (χ1n) is 10.5. The van der Waals surface area contributed by atoms with E-state index in [1.165, 1.54) is 25.7 Å². The second-order valence-corrected chi connectivity index (χ2v) is 7.98. The third-order valence-corrected chi connectivity index (χ3v) is 6.25. The average Bonchev–Trinajstić information content (AvgIpc) is 2.78. The summed E-state index contributed by atoms with van der Waals surface area (Å²) in [4.78, 5) is 27.8. The van der Waals surface area contributed by atoms with Crippen molar-refractivity contribution in [3.8, 4) is 5.75 Å². The third-order valence-electron chi connectivity index (χ3n) is 6.25. The van der Waals surface area contributed by atoms with Crippen LogP contribution in [0, 0.1) is 5.92 Å². The van der Waals surface area contributed by atoms with Gasteiger partial charge in [0.25, 0.3) is 11.8 Å². The van der Waals surface area contributed by atoms with Gasteiger partial charge < -0.3 is 15.0 Å². The highest BCUT2D eigenvalue weighted by Gasteiger charge is 2.35. The van der Waals surface area contributed by atoms with E-state index in [9.17, 15) is 9.59 Å². The number of carbonyl (C=O) groups excluding carboxylic acids is 2. The van der Waals surface area contributed by atoms with Crippen LogP contribution in [0.1, 0.15) is 59.2 Å². The number of carbonyl (C=O) groups is 2. The van der Waals surface area contributed by atoms with Crippen LogP contribution in [-0.4, -0.2) is 36.4 Å². The maximum atomic E-state index is 13.1. The van der Waals surface area contributed by atoms with Gasteiger partial charge in [-0.25, -0.2) is 0 Å². The molecule has 5 heteroatoms. The fourth-order valence-corrected chi connectivity index (χ4v) is 4.77. The number of hydrogen-bond donors (Lipinski definition) is 1. The van der Waals surface area contributed by atoms with Gasteiger partial charge in [-0.2, -0.15) is 0 Å². The molecule has 0 unspecified atom stereocenters. The van der Waals surface area contributed by atoms with Crippen LogP contribution in [0.2, 0.25) is 0 Å². The van der Waals surface area contributed by atoms with Crippen molar-refractivity contribution in [3.05, 3.63) is 59.7 Å². The van der Waals surface area contributed by atoms with Crippen LogP contribution in [0.25, 0.3) is 0 Å². The van der Waals surface area contributed by atoms with Gasteiger partial charge in [0.15, 0.2) is 0 Å². The first-order chi connectivity index (χ1) is 14.2. The van der Waals surface area contributed by atoms with E-state index in [4.69, 9.17) is 4.74 Å². The van der Waals surface area contributed by atoms with Crippen molar-refractivity contribution >= 4 is 17.5 Å². The Bertz CT molecular complexity index is 876. The highest BCUT2D eigenvalue weighted by atomic mass is 16.5. The van der Waals surface area contributed by atoms with Crippen LogP contribution in [0.15, 0.2) is 48.5 Å². The number of methoxy groups -OCH3 is 1. The maximum Gasteiger partial charge on any atom is 0.259 e. The van der Waals surface area contributed by atoms with Crippen molar-refractivity contribution in [1.82, 2.24) is 4.90 Å². The molecule has 1 aliphatic heterocycles. The van der Waals surface area contributed by atoms with Gasteiger partial charge in [0, 0.05) is 23.8 Å². The molecule has 1 heterocycles. The van der Waals surface area contributed by atoms with Crippen LogP contribution in [0.4, 0.5) is 5.69 Å². The van der Waals surface area contributed by atoms with Gasteiger partial charge in [0.2, 0.25) is 0 Å². The Balaban J connectivity index is 1.45. The molecule has 0 bridgehead atoms. The van der Waals surface area contributed by atoms with E-state index in [0.717, 1.165) is 19.4 Å². The topological polar surface area (TPSA) is 58.6 Å². The third kappa shape index (κ3) is 4.14. The standard InChI is InChI=1S/C24H28N2O3/c1-29-22-11-5-3-9-20(22)23(27)25-19-14-12-18(13-15-19)24(28)26-16-6-8-17-7-2-4-10-21(17)26/h3,5,9,11-15,17,21H,2,4,6-8,10,16H2,1H3,(H,25,27)/t17-,21-/m0/s1. The summed E-state index contributed by atoms with van der Waals surface area (Å²) in [6.07, 6.45) is 7.25. The molecular weight excluding hydrogens is 364 g/mol. The van der Waals surface area contributed by atoms with Gasteiger partial charge in [-0.05, 0) is 68.0 Å². The van der Waals surface area contributed by atoms with E-state index in [2.05, 4.69) is 10.2 Å². The second-order valence-electron chi connectivity index (χ2n) is 7.98. The minimum atomic E-state index is -0.234. The summed E-state index contributed by atoms with van der Waals surface area (Å²) in [5.41, 5.74) is 1.82. The van der Waals surface area contributed by atoms with Gasteiger partial charge in [0.05, 0.1) is 12.7 Å². The summed E-state index contributed by atoms with van der Waals surface area (Å²) < 4.78 is 5.25. The molecule has 2 amide bonds. The molecule has 0 spiro atoms. The number of rotatable bonds is 4. The number of ether oxygens (including phenoxy) is 1. The number of fused-ring (bicyclic) bond motifs is 1. The lowest BCUT2D eigenvalue weighted by Gasteiger charge is -2.44. The van der Waals surface area contributed by atoms with Crippen LogP contribution in [0.5, 0.6) is 5.75 Å². The molecule has 2 aromatic carbocycles. The Kier molecular flexibility index (Phi) is 5.84. The molecule has 2 atom stereocenters. The van der Waals surface area contributed by atoms with Crippen molar-refractivity contribution in [2.45, 2.75) is 44.6 Å². The summed E-state index contributed by atoms with van der Waals surface area (Å²) >= 11 is 0. The number of likely N-dealkylation sites (tertiary alicyclic amines) is 1. The molecule has 29 heavy (non-hydrogen) atoms. The largest absolute Gasteiger partial charge is 0.496 e. The molecule has 5 nitrogen and oxygen atoms in total. The number of benzene rings is 2. The van der Waals surface area contributed by atoms with Crippen molar-refractivity contribution < 1.29 is 14.3 Å². The molecule has 4 rings (SSSR count). The first-order valence-corrected chi connectivity index (χ1v) is 10.5. The molecular formula is C24H28N2O3. The average molecular weight is 392 g/mol. The summed E-state index contributed by atoms with van der Waals surface area (Å²) in [5, 5.41) is 2.88. The Morgan fingerprint density at radius 2 is 1.69 bits per heavy atom. The lowest BCUT2D eigenvalue weighted by Crippen LogP contribution is -2.49. The molecule has 1 aliphatic carbocycles. The molecule has 1 N–H and O–H groups in total. The molecule has 2 aromatic rings. The quantitative estimate of drug-likeness (QED) is 0.817. The zero-order chi connectivity index (χ0) is 20.2. The van der Waals surface area contributed by atoms with Crippen LogP contribution in [-0.2, 0) is 0 Å². The summed E-state index contributed by atoms with van der Waals surface area (Å²) in [6, 6.07) is 14.7. The first kappa shape index (κ1) is 19.5. The van der Waals surface area contributed by atoms with E-state index in [-0.39, 0.29) is 11.8 Å². The van der Waals surface area contributed by atoms with Crippen molar-refractivity contribution in [2.24, 2.45) is 5.92 Å². The Hall–Kier alpha value is -2.82. The molecule has 1 saturated carbocycles. The van der Waals surface area contributed by atoms with Gasteiger partial charge in [0.1, 0.15) is 5.75 Å². The predicted octanol–water partition coefficient (Wildman–Crippen LogP) is 4.74. The molecule has 152 valence electrons. The minimum absolute atomic E-state index is 0.115. The molecule has 2 fully saturated rings. The zero-order valence-corrected chi connectivity index (χ0v) is 16.9. The number of nitrogens with one attached hydrogen (secondary N) is 1. The van der Waals surface area contributed by atoms with Gasteiger partial charge in [-0.15, -0.1) is 0 Å². The highest BCUT2D eigenvalue weighted by molar-refractivity contribution is 6.06. The van der Waals surface area contributed by atoms with Crippen molar-refractivity contribution in [1.29, 1.82) is 0 Å². The smallest absolute Gasteiger partial charge is 0.259 e. The number of anilines is 1. The van der Waals surface area contributed by atoms with Crippen LogP contribution >= 0.6 is 0 Å². The normalized spacial score (nSPS) is 21.2.